The number of hydrogen-bond donors (Lipinski definition) is 2. The van der Waals surface area contributed by atoms with Crippen LogP contribution in [-0.4, -0.2) is 39.8 Å². The summed E-state index contributed by atoms with van der Waals surface area (Å²) in [7, 11) is 1.69. The van der Waals surface area contributed by atoms with Crippen LogP contribution in [0.2, 0.25) is 5.02 Å². The van der Waals surface area contributed by atoms with Crippen molar-refractivity contribution in [2.75, 3.05) is 30.9 Å². The Bertz CT molecular complexity index is 850. The number of aryl methyl sites for hydroxylation is 1. The molecule has 7 nitrogen and oxygen atoms in total. The van der Waals surface area contributed by atoms with Crippen molar-refractivity contribution >= 4 is 40.2 Å². The minimum atomic E-state index is 0.559. The number of fused-ring (bicyclic) bond motifs is 1. The van der Waals surface area contributed by atoms with Crippen LogP contribution in [0.15, 0.2) is 30.6 Å². The van der Waals surface area contributed by atoms with E-state index < -0.39 is 0 Å². The van der Waals surface area contributed by atoms with E-state index in [4.69, 9.17) is 16.3 Å². The second-order valence-electron chi connectivity index (χ2n) is 5.51. The van der Waals surface area contributed by atoms with Crippen LogP contribution < -0.4 is 10.6 Å². The first-order valence-electron chi connectivity index (χ1n) is 8.19. The van der Waals surface area contributed by atoms with E-state index in [9.17, 15) is 0 Å². The summed E-state index contributed by atoms with van der Waals surface area (Å²) in [6, 6.07) is 7.49. The number of methoxy groups -OCH3 is 1. The summed E-state index contributed by atoms with van der Waals surface area (Å²) >= 11 is 6.07. The van der Waals surface area contributed by atoms with E-state index in [1.807, 2.05) is 28.8 Å². The average molecular weight is 361 g/mol. The summed E-state index contributed by atoms with van der Waals surface area (Å²) in [5.74, 6) is 1.21. The smallest absolute Gasteiger partial charge is 0.226 e. The van der Waals surface area contributed by atoms with Crippen LogP contribution in [0.1, 0.15) is 13.3 Å². The standard InChI is InChI=1S/C17H21ClN6O/c1-3-24-11-20-14-15(21-13-7-4-6-12(18)10-13)22-17(23-16(14)24)19-8-5-9-25-2/h4,6-7,10-11H,3,5,8-9H2,1-2H3,(H2,19,21,22,23). The fraction of sp³-hybridized carbons (Fsp3) is 0.353. The number of ether oxygens (including phenoxy) is 1. The van der Waals surface area contributed by atoms with Gasteiger partial charge in [0.05, 0.1) is 6.33 Å². The number of imidazole rings is 1. The molecule has 0 unspecified atom stereocenters. The highest BCUT2D eigenvalue weighted by Gasteiger charge is 2.13. The quantitative estimate of drug-likeness (QED) is 0.596. The van der Waals surface area contributed by atoms with E-state index in [1.165, 1.54) is 0 Å². The molecule has 2 heterocycles. The summed E-state index contributed by atoms with van der Waals surface area (Å²) in [4.78, 5) is 13.6. The van der Waals surface area contributed by atoms with Crippen molar-refractivity contribution in [1.29, 1.82) is 0 Å². The van der Waals surface area contributed by atoms with E-state index in [2.05, 4.69) is 32.5 Å². The molecule has 0 radical (unpaired) electrons. The molecule has 0 spiro atoms. The molecule has 0 saturated heterocycles. The van der Waals surface area contributed by atoms with Crippen LogP contribution >= 0.6 is 11.6 Å². The molecule has 0 atom stereocenters. The van der Waals surface area contributed by atoms with Gasteiger partial charge in [-0.25, -0.2) is 4.98 Å². The van der Waals surface area contributed by atoms with Gasteiger partial charge in [0.25, 0.3) is 0 Å². The lowest BCUT2D eigenvalue weighted by molar-refractivity contribution is 0.197. The average Bonchev–Trinajstić information content (AvgIpc) is 3.02. The lowest BCUT2D eigenvalue weighted by atomic mass is 10.3. The Labute approximate surface area is 151 Å². The zero-order chi connectivity index (χ0) is 17.6. The summed E-state index contributed by atoms with van der Waals surface area (Å²) in [5, 5.41) is 7.19. The van der Waals surface area contributed by atoms with Crippen molar-refractivity contribution in [3.63, 3.8) is 0 Å². The Hall–Kier alpha value is -2.38. The summed E-state index contributed by atoms with van der Waals surface area (Å²) in [6.45, 7) is 4.26. The Kier molecular flexibility index (Phi) is 5.67. The molecular formula is C17H21ClN6O. The summed E-state index contributed by atoms with van der Waals surface area (Å²) in [5.41, 5.74) is 2.37. The number of anilines is 3. The number of halogens is 1. The highest BCUT2D eigenvalue weighted by Crippen LogP contribution is 2.25. The largest absolute Gasteiger partial charge is 0.385 e. The second-order valence-corrected chi connectivity index (χ2v) is 5.94. The SMILES string of the molecule is CCn1cnc2c(Nc3cccc(Cl)c3)nc(NCCCOC)nc21. The normalized spacial score (nSPS) is 11.0. The van der Waals surface area contributed by atoms with Gasteiger partial charge >= 0.3 is 0 Å². The van der Waals surface area contributed by atoms with Gasteiger partial charge in [0, 0.05) is 37.5 Å². The molecule has 0 bridgehead atoms. The van der Waals surface area contributed by atoms with E-state index in [0.29, 0.717) is 23.4 Å². The van der Waals surface area contributed by atoms with Gasteiger partial charge in [-0.15, -0.1) is 0 Å². The Morgan fingerprint density at radius 1 is 1.28 bits per heavy atom. The summed E-state index contributed by atoms with van der Waals surface area (Å²) < 4.78 is 7.05. The zero-order valence-corrected chi connectivity index (χ0v) is 15.0. The van der Waals surface area contributed by atoms with Gasteiger partial charge in [0.2, 0.25) is 5.95 Å². The number of rotatable bonds is 8. The number of aromatic nitrogens is 4. The molecule has 0 fully saturated rings. The fourth-order valence-electron chi connectivity index (χ4n) is 2.46. The maximum atomic E-state index is 6.07. The predicted molar refractivity (Wildman–Crippen MR) is 101 cm³/mol. The molecule has 0 aliphatic rings. The highest BCUT2D eigenvalue weighted by molar-refractivity contribution is 6.30. The molecule has 8 heteroatoms. The zero-order valence-electron chi connectivity index (χ0n) is 14.3. The Balaban J connectivity index is 1.92. The number of benzene rings is 1. The van der Waals surface area contributed by atoms with E-state index >= 15 is 0 Å². The summed E-state index contributed by atoms with van der Waals surface area (Å²) in [6.07, 6.45) is 2.65. The van der Waals surface area contributed by atoms with Crippen molar-refractivity contribution in [2.45, 2.75) is 19.9 Å². The molecular weight excluding hydrogens is 340 g/mol. The molecule has 0 aliphatic heterocycles. The molecule has 0 amide bonds. The Morgan fingerprint density at radius 2 is 2.16 bits per heavy atom. The second kappa shape index (κ2) is 8.13. The minimum Gasteiger partial charge on any atom is -0.385 e. The van der Waals surface area contributed by atoms with Crippen LogP contribution in [-0.2, 0) is 11.3 Å². The molecule has 25 heavy (non-hydrogen) atoms. The van der Waals surface area contributed by atoms with Crippen molar-refractivity contribution < 1.29 is 4.74 Å². The molecule has 132 valence electrons. The highest BCUT2D eigenvalue weighted by atomic mass is 35.5. The molecule has 2 aromatic heterocycles. The van der Waals surface area contributed by atoms with Gasteiger partial charge in [0.15, 0.2) is 17.0 Å². The number of nitrogens with one attached hydrogen (secondary N) is 2. The predicted octanol–water partition coefficient (Wildman–Crippen LogP) is 3.69. The van der Waals surface area contributed by atoms with Crippen molar-refractivity contribution in [3.05, 3.63) is 35.6 Å². The topological polar surface area (TPSA) is 76.9 Å². The molecule has 0 aliphatic carbocycles. The molecule has 3 aromatic rings. The molecule has 2 N–H and O–H groups in total. The lowest BCUT2D eigenvalue weighted by Crippen LogP contribution is -2.10. The van der Waals surface area contributed by atoms with Crippen LogP contribution in [0, 0.1) is 0 Å². The third-order valence-electron chi connectivity index (χ3n) is 3.70. The number of hydrogen-bond acceptors (Lipinski definition) is 6. The fourth-order valence-corrected chi connectivity index (χ4v) is 2.65. The van der Waals surface area contributed by atoms with E-state index in [-0.39, 0.29) is 0 Å². The third-order valence-corrected chi connectivity index (χ3v) is 3.94. The lowest BCUT2D eigenvalue weighted by Gasteiger charge is -2.10. The van der Waals surface area contributed by atoms with Crippen LogP contribution in [0.3, 0.4) is 0 Å². The molecule has 3 rings (SSSR count). The monoisotopic (exact) mass is 360 g/mol. The molecule has 0 saturated carbocycles. The van der Waals surface area contributed by atoms with Crippen molar-refractivity contribution in [3.8, 4) is 0 Å². The third kappa shape index (κ3) is 4.18. The van der Waals surface area contributed by atoms with Crippen LogP contribution in [0.4, 0.5) is 17.5 Å². The number of nitrogens with zero attached hydrogens (tertiary/aromatic N) is 4. The van der Waals surface area contributed by atoms with Gasteiger partial charge in [-0.1, -0.05) is 17.7 Å². The van der Waals surface area contributed by atoms with Crippen LogP contribution in [0.25, 0.3) is 11.2 Å². The Morgan fingerprint density at radius 3 is 2.92 bits per heavy atom. The van der Waals surface area contributed by atoms with E-state index in [0.717, 1.165) is 36.4 Å². The van der Waals surface area contributed by atoms with E-state index in [1.54, 1.807) is 13.4 Å². The first kappa shape index (κ1) is 17.4. The van der Waals surface area contributed by atoms with Crippen molar-refractivity contribution in [2.24, 2.45) is 0 Å². The maximum absolute atomic E-state index is 6.07. The van der Waals surface area contributed by atoms with Crippen LogP contribution in [0.5, 0.6) is 0 Å². The van der Waals surface area contributed by atoms with Gasteiger partial charge in [-0.05, 0) is 31.5 Å². The molecule has 1 aromatic carbocycles. The van der Waals surface area contributed by atoms with Gasteiger partial charge < -0.3 is 19.9 Å². The van der Waals surface area contributed by atoms with Crippen molar-refractivity contribution in [1.82, 2.24) is 19.5 Å². The first-order valence-corrected chi connectivity index (χ1v) is 8.57. The van der Waals surface area contributed by atoms with Gasteiger partial charge in [-0.2, -0.15) is 9.97 Å². The minimum absolute atomic E-state index is 0.559. The first-order chi connectivity index (χ1) is 12.2. The van der Waals surface area contributed by atoms with Gasteiger partial charge in [-0.3, -0.25) is 0 Å². The maximum Gasteiger partial charge on any atom is 0.226 e. The van der Waals surface area contributed by atoms with Gasteiger partial charge in [0.1, 0.15) is 0 Å².